The standard InChI is InChI=1S/C18H22N2O5/c1-18(2,3)24-17(23)19-10-14(11-8-9-11)25-20-15(21)12-6-4-5-7-13(12)16(20)22/h4-7,11,14H,8-10H2,1-3H3,(H,19,23). The molecule has 1 saturated carbocycles. The summed E-state index contributed by atoms with van der Waals surface area (Å²) in [5.74, 6) is -0.730. The molecule has 1 aromatic carbocycles. The number of benzene rings is 1. The third-order valence-corrected chi connectivity index (χ3v) is 3.99. The predicted molar refractivity (Wildman–Crippen MR) is 88.8 cm³/mol. The van der Waals surface area contributed by atoms with E-state index in [9.17, 15) is 14.4 Å². The highest BCUT2D eigenvalue weighted by atomic mass is 16.7. The normalized spacial score (nSPS) is 18.1. The SMILES string of the molecule is CC(C)(C)OC(=O)NCC(ON1C(=O)c2ccccc2C1=O)C1CC1. The van der Waals surface area contributed by atoms with Crippen molar-refractivity contribution in [3.05, 3.63) is 35.4 Å². The molecule has 0 radical (unpaired) electrons. The van der Waals surface area contributed by atoms with Crippen LogP contribution in [0.15, 0.2) is 24.3 Å². The first-order valence-corrected chi connectivity index (χ1v) is 8.38. The van der Waals surface area contributed by atoms with Gasteiger partial charge in [0, 0.05) is 6.54 Å². The molecule has 1 unspecified atom stereocenters. The smallest absolute Gasteiger partial charge is 0.407 e. The molecule has 7 nitrogen and oxygen atoms in total. The van der Waals surface area contributed by atoms with E-state index in [4.69, 9.17) is 9.57 Å². The van der Waals surface area contributed by atoms with Crippen molar-refractivity contribution in [2.24, 2.45) is 5.92 Å². The summed E-state index contributed by atoms with van der Waals surface area (Å²) in [7, 11) is 0. The number of amides is 3. The second-order valence-electron chi connectivity index (χ2n) is 7.31. The monoisotopic (exact) mass is 346 g/mol. The molecule has 134 valence electrons. The molecule has 1 fully saturated rings. The number of fused-ring (bicyclic) bond motifs is 1. The molecule has 0 spiro atoms. The number of hydroxylamine groups is 2. The Hall–Kier alpha value is -2.41. The van der Waals surface area contributed by atoms with Crippen molar-refractivity contribution in [1.82, 2.24) is 10.4 Å². The Morgan fingerprint density at radius 3 is 2.24 bits per heavy atom. The van der Waals surface area contributed by atoms with Gasteiger partial charge in [-0.25, -0.2) is 4.79 Å². The molecule has 1 aliphatic carbocycles. The molecule has 0 aromatic heterocycles. The molecular formula is C18H22N2O5. The number of carbonyl (C=O) groups excluding carboxylic acids is 3. The summed E-state index contributed by atoms with van der Waals surface area (Å²) in [6, 6.07) is 6.61. The van der Waals surface area contributed by atoms with E-state index in [1.54, 1.807) is 45.0 Å². The summed E-state index contributed by atoms with van der Waals surface area (Å²) in [5.41, 5.74) is 0.0759. The minimum atomic E-state index is -0.595. The van der Waals surface area contributed by atoms with Gasteiger partial charge in [0.15, 0.2) is 0 Å². The lowest BCUT2D eigenvalue weighted by molar-refractivity contribution is -0.137. The van der Waals surface area contributed by atoms with Gasteiger partial charge in [-0.1, -0.05) is 12.1 Å². The van der Waals surface area contributed by atoms with Gasteiger partial charge in [0.1, 0.15) is 11.7 Å². The van der Waals surface area contributed by atoms with Gasteiger partial charge in [-0.3, -0.25) is 14.4 Å². The summed E-state index contributed by atoms with van der Waals surface area (Å²) in [6.45, 7) is 5.51. The van der Waals surface area contributed by atoms with Crippen LogP contribution < -0.4 is 5.32 Å². The minimum absolute atomic E-state index is 0.174. The molecule has 1 N–H and O–H groups in total. The first-order chi connectivity index (χ1) is 11.8. The molecule has 25 heavy (non-hydrogen) atoms. The van der Waals surface area contributed by atoms with Gasteiger partial charge < -0.3 is 10.1 Å². The molecule has 1 atom stereocenters. The molecule has 7 heteroatoms. The quantitative estimate of drug-likeness (QED) is 0.828. The van der Waals surface area contributed by atoms with Crippen LogP contribution >= 0.6 is 0 Å². The Bertz CT molecular complexity index is 671. The van der Waals surface area contributed by atoms with Crippen molar-refractivity contribution in [1.29, 1.82) is 0 Å². The lowest BCUT2D eigenvalue weighted by atomic mass is 10.1. The first kappa shape index (κ1) is 17.4. The largest absolute Gasteiger partial charge is 0.444 e. The predicted octanol–water partition coefficient (Wildman–Crippen LogP) is 2.52. The van der Waals surface area contributed by atoms with Crippen molar-refractivity contribution >= 4 is 17.9 Å². The molecule has 0 bridgehead atoms. The maximum atomic E-state index is 12.4. The van der Waals surface area contributed by atoms with E-state index in [0.29, 0.717) is 11.1 Å². The summed E-state index contributed by atoms with van der Waals surface area (Å²) < 4.78 is 5.20. The van der Waals surface area contributed by atoms with Gasteiger partial charge in [-0.2, -0.15) is 0 Å². The van der Waals surface area contributed by atoms with Gasteiger partial charge in [-0.15, -0.1) is 5.06 Å². The molecular weight excluding hydrogens is 324 g/mol. The highest BCUT2D eigenvalue weighted by molar-refractivity contribution is 6.20. The molecule has 1 heterocycles. The Morgan fingerprint density at radius 1 is 1.20 bits per heavy atom. The number of ether oxygens (including phenoxy) is 1. The topological polar surface area (TPSA) is 84.9 Å². The fraction of sp³-hybridized carbons (Fsp3) is 0.500. The number of hydrogen-bond acceptors (Lipinski definition) is 5. The Morgan fingerprint density at radius 2 is 1.76 bits per heavy atom. The van der Waals surface area contributed by atoms with E-state index < -0.39 is 29.6 Å². The number of carbonyl (C=O) groups is 3. The van der Waals surface area contributed by atoms with Crippen LogP contribution in [0, 0.1) is 5.92 Å². The van der Waals surface area contributed by atoms with Crippen molar-refractivity contribution in [3.63, 3.8) is 0 Å². The van der Waals surface area contributed by atoms with E-state index in [-0.39, 0.29) is 12.5 Å². The van der Waals surface area contributed by atoms with Crippen LogP contribution in [-0.4, -0.2) is 41.2 Å². The highest BCUT2D eigenvalue weighted by Crippen LogP contribution is 2.35. The molecule has 0 saturated heterocycles. The van der Waals surface area contributed by atoms with Gasteiger partial charge in [-0.05, 0) is 51.7 Å². The van der Waals surface area contributed by atoms with Crippen molar-refractivity contribution in [3.8, 4) is 0 Å². The third-order valence-electron chi connectivity index (χ3n) is 3.99. The molecule has 3 rings (SSSR count). The van der Waals surface area contributed by atoms with Crippen molar-refractivity contribution in [2.75, 3.05) is 6.54 Å². The van der Waals surface area contributed by atoms with Gasteiger partial charge in [0.25, 0.3) is 11.8 Å². The maximum absolute atomic E-state index is 12.4. The number of rotatable bonds is 5. The number of alkyl carbamates (subject to hydrolysis) is 1. The van der Waals surface area contributed by atoms with Gasteiger partial charge in [0.05, 0.1) is 11.1 Å². The van der Waals surface area contributed by atoms with E-state index in [1.165, 1.54) is 0 Å². The molecule has 2 aliphatic rings. The summed E-state index contributed by atoms with van der Waals surface area (Å²) in [4.78, 5) is 42.3. The van der Waals surface area contributed by atoms with E-state index in [0.717, 1.165) is 17.9 Å². The molecule has 3 amide bonds. The average molecular weight is 346 g/mol. The zero-order chi connectivity index (χ0) is 18.2. The van der Waals surface area contributed by atoms with Crippen LogP contribution in [0.2, 0.25) is 0 Å². The van der Waals surface area contributed by atoms with Crippen molar-refractivity contribution in [2.45, 2.75) is 45.3 Å². The van der Waals surface area contributed by atoms with Crippen LogP contribution in [0.5, 0.6) is 0 Å². The number of nitrogens with zero attached hydrogens (tertiary/aromatic N) is 1. The first-order valence-electron chi connectivity index (χ1n) is 8.38. The lowest BCUT2D eigenvalue weighted by Crippen LogP contribution is -2.43. The summed E-state index contributed by atoms with van der Waals surface area (Å²) >= 11 is 0. The fourth-order valence-electron chi connectivity index (χ4n) is 2.65. The van der Waals surface area contributed by atoms with Gasteiger partial charge >= 0.3 is 6.09 Å². The minimum Gasteiger partial charge on any atom is -0.444 e. The van der Waals surface area contributed by atoms with Crippen LogP contribution in [-0.2, 0) is 9.57 Å². The summed E-state index contributed by atoms with van der Waals surface area (Å²) in [6.07, 6.45) is 0.868. The number of imide groups is 1. The van der Waals surface area contributed by atoms with Crippen molar-refractivity contribution < 1.29 is 24.0 Å². The number of hydrogen-bond donors (Lipinski definition) is 1. The van der Waals surface area contributed by atoms with E-state index >= 15 is 0 Å². The maximum Gasteiger partial charge on any atom is 0.407 e. The van der Waals surface area contributed by atoms with Gasteiger partial charge in [0.2, 0.25) is 0 Å². The second-order valence-corrected chi connectivity index (χ2v) is 7.31. The highest BCUT2D eigenvalue weighted by Gasteiger charge is 2.41. The van der Waals surface area contributed by atoms with E-state index in [1.807, 2.05) is 0 Å². The second kappa shape index (κ2) is 6.48. The average Bonchev–Trinajstić information content (AvgIpc) is 3.34. The third kappa shape index (κ3) is 3.99. The van der Waals surface area contributed by atoms with Crippen LogP contribution in [0.1, 0.15) is 54.3 Å². The molecule has 1 aliphatic heterocycles. The number of nitrogens with one attached hydrogen (secondary N) is 1. The molecule has 1 aromatic rings. The summed E-state index contributed by atoms with van der Waals surface area (Å²) in [5, 5.41) is 3.46. The fourth-order valence-corrected chi connectivity index (χ4v) is 2.65. The zero-order valence-electron chi connectivity index (χ0n) is 14.6. The van der Waals surface area contributed by atoms with Crippen LogP contribution in [0.3, 0.4) is 0 Å². The van der Waals surface area contributed by atoms with Crippen LogP contribution in [0.25, 0.3) is 0 Å². The zero-order valence-corrected chi connectivity index (χ0v) is 14.6. The lowest BCUT2D eigenvalue weighted by Gasteiger charge is -2.24. The Balaban J connectivity index is 1.63. The Labute approximate surface area is 146 Å². The van der Waals surface area contributed by atoms with E-state index in [2.05, 4.69) is 5.32 Å². The van der Waals surface area contributed by atoms with Crippen LogP contribution in [0.4, 0.5) is 4.79 Å². The Kier molecular flexibility index (Phi) is 4.51.